The Bertz CT molecular complexity index is 1700. The fourth-order valence-corrected chi connectivity index (χ4v) is 6.04. The van der Waals surface area contributed by atoms with E-state index >= 15 is 0 Å². The van der Waals surface area contributed by atoms with Crippen LogP contribution < -0.4 is 20.1 Å². The minimum absolute atomic E-state index is 0.0225. The van der Waals surface area contributed by atoms with Crippen LogP contribution in [0.4, 0.5) is 23.0 Å². The lowest BCUT2D eigenvalue weighted by atomic mass is 10.2. The van der Waals surface area contributed by atoms with Gasteiger partial charge in [-0.15, -0.1) is 0 Å². The Morgan fingerprint density at radius 1 is 0.977 bits per heavy atom. The number of para-hydroxylation sites is 2. The number of rotatable bonds is 10. The molecule has 1 aliphatic rings. The number of hydrogen-bond donors (Lipinski definition) is 4. The second-order valence-electron chi connectivity index (χ2n) is 10.4. The number of methoxy groups -OCH3 is 1. The average Bonchev–Trinajstić information content (AvgIpc) is 2.96. The van der Waals surface area contributed by atoms with Crippen molar-refractivity contribution in [2.45, 2.75) is 37.6 Å². The van der Waals surface area contributed by atoms with Gasteiger partial charge in [0.25, 0.3) is 10.0 Å². The number of anilines is 4. The van der Waals surface area contributed by atoms with Gasteiger partial charge in [-0.05, 0) is 61.9 Å². The molecule has 4 N–H and O–H groups in total. The first-order chi connectivity index (χ1) is 20.6. The van der Waals surface area contributed by atoms with Crippen molar-refractivity contribution in [2.75, 3.05) is 42.1 Å². The van der Waals surface area contributed by atoms with Crippen LogP contribution in [0.1, 0.15) is 19.4 Å². The van der Waals surface area contributed by atoms with Gasteiger partial charge >= 0.3 is 0 Å². The Morgan fingerprint density at radius 2 is 1.67 bits per heavy atom. The standard InChI is InChI=1S/C30H34N6O6S/c1-19-15-36(16-20(2)42-19)17-28(38)31-22-7-6-8-25(14-22)43(39,40)35-30-29(33-26-9-4-5-10-27(26)34-30)32-23-11-21(18-37)12-24(13-23)41-3/h4-14,19-20,37H,15-18H2,1-3H3,(H,31,38)(H,32,33)(H,34,35). The molecule has 0 spiro atoms. The van der Waals surface area contributed by atoms with E-state index in [-0.39, 0.29) is 47.8 Å². The Hall–Kier alpha value is -4.30. The van der Waals surface area contributed by atoms with Gasteiger partial charge in [-0.2, -0.15) is 0 Å². The topological polar surface area (TPSA) is 155 Å². The molecule has 12 nitrogen and oxygen atoms in total. The molecule has 1 amide bonds. The molecule has 43 heavy (non-hydrogen) atoms. The van der Waals surface area contributed by atoms with Crippen LogP contribution >= 0.6 is 0 Å². The lowest BCUT2D eigenvalue weighted by Gasteiger charge is -2.34. The number of ether oxygens (including phenoxy) is 2. The fourth-order valence-electron chi connectivity index (χ4n) is 4.98. The molecule has 1 saturated heterocycles. The van der Waals surface area contributed by atoms with Crippen LogP contribution in [0.3, 0.4) is 0 Å². The zero-order chi connectivity index (χ0) is 30.6. The van der Waals surface area contributed by atoms with Gasteiger partial charge in [0.05, 0.1) is 48.4 Å². The fraction of sp³-hybridized carbons (Fsp3) is 0.300. The molecule has 1 aromatic heterocycles. The Labute approximate surface area is 250 Å². The highest BCUT2D eigenvalue weighted by molar-refractivity contribution is 7.92. The summed E-state index contributed by atoms with van der Waals surface area (Å²) in [5.41, 5.74) is 2.49. The van der Waals surface area contributed by atoms with Gasteiger partial charge in [0.15, 0.2) is 11.6 Å². The molecule has 1 fully saturated rings. The molecular weight excluding hydrogens is 572 g/mol. The number of nitrogens with zero attached hydrogens (tertiary/aromatic N) is 3. The number of aromatic nitrogens is 2. The quantitative estimate of drug-likeness (QED) is 0.210. The minimum Gasteiger partial charge on any atom is -0.497 e. The highest BCUT2D eigenvalue weighted by Crippen LogP contribution is 2.30. The van der Waals surface area contributed by atoms with Crippen LogP contribution in [-0.2, 0) is 26.2 Å². The number of benzene rings is 3. The van der Waals surface area contributed by atoms with Gasteiger partial charge in [-0.3, -0.25) is 14.4 Å². The monoisotopic (exact) mass is 606 g/mol. The molecule has 226 valence electrons. The number of hydrogen-bond acceptors (Lipinski definition) is 10. The summed E-state index contributed by atoms with van der Waals surface area (Å²) in [6.45, 7) is 5.15. The Morgan fingerprint density at radius 3 is 2.35 bits per heavy atom. The van der Waals surface area contributed by atoms with Crippen LogP contribution in [0.2, 0.25) is 0 Å². The van der Waals surface area contributed by atoms with Gasteiger partial charge < -0.3 is 25.2 Å². The van der Waals surface area contributed by atoms with E-state index in [9.17, 15) is 18.3 Å². The number of aliphatic hydroxyl groups excluding tert-OH is 1. The van der Waals surface area contributed by atoms with E-state index in [1.54, 1.807) is 54.6 Å². The molecule has 5 rings (SSSR count). The number of carbonyl (C=O) groups is 1. The van der Waals surface area contributed by atoms with E-state index in [1.165, 1.54) is 19.2 Å². The summed E-state index contributed by atoms with van der Waals surface area (Å²) in [7, 11) is -2.65. The van der Waals surface area contributed by atoms with Crippen LogP contribution in [0, 0.1) is 0 Å². The Kier molecular flexibility index (Phi) is 9.06. The van der Waals surface area contributed by atoms with Crippen LogP contribution in [-0.4, -0.2) is 73.3 Å². The molecule has 0 bridgehead atoms. The summed E-state index contributed by atoms with van der Waals surface area (Å²) in [5, 5.41) is 15.6. The molecule has 0 saturated carbocycles. The van der Waals surface area contributed by atoms with E-state index in [2.05, 4.69) is 25.3 Å². The molecule has 0 radical (unpaired) electrons. The maximum atomic E-state index is 13.6. The summed E-state index contributed by atoms with van der Waals surface area (Å²) in [6, 6.07) is 18.2. The van der Waals surface area contributed by atoms with Crippen molar-refractivity contribution in [1.29, 1.82) is 0 Å². The van der Waals surface area contributed by atoms with E-state index in [0.717, 1.165) is 0 Å². The third-order valence-corrected chi connectivity index (χ3v) is 8.08. The molecule has 0 aliphatic carbocycles. The molecular formula is C30H34N6O6S. The summed E-state index contributed by atoms with van der Waals surface area (Å²) >= 11 is 0. The van der Waals surface area contributed by atoms with Crippen molar-refractivity contribution in [1.82, 2.24) is 14.9 Å². The molecule has 2 heterocycles. The van der Waals surface area contributed by atoms with Gasteiger partial charge in [0.2, 0.25) is 5.91 Å². The predicted octanol–water partition coefficient (Wildman–Crippen LogP) is 3.72. The average molecular weight is 607 g/mol. The zero-order valence-corrected chi connectivity index (χ0v) is 24.9. The molecule has 2 atom stereocenters. The first-order valence-corrected chi connectivity index (χ1v) is 15.2. The molecule has 4 aromatic rings. The van der Waals surface area contributed by atoms with Gasteiger partial charge in [-0.25, -0.2) is 18.4 Å². The summed E-state index contributed by atoms with van der Waals surface area (Å²) < 4.78 is 40.8. The van der Waals surface area contributed by atoms with Crippen LogP contribution in [0.15, 0.2) is 71.6 Å². The minimum atomic E-state index is -4.16. The summed E-state index contributed by atoms with van der Waals surface area (Å²) in [5.74, 6) is 0.368. The molecule has 13 heteroatoms. The third-order valence-electron chi connectivity index (χ3n) is 6.74. The van der Waals surface area contributed by atoms with Crippen LogP contribution in [0.25, 0.3) is 11.0 Å². The SMILES string of the molecule is COc1cc(CO)cc(Nc2nc3ccccc3nc2NS(=O)(=O)c2cccc(NC(=O)CN3CC(C)OC(C)C3)c2)c1. The highest BCUT2D eigenvalue weighted by Gasteiger charge is 2.24. The first-order valence-electron chi connectivity index (χ1n) is 13.7. The number of aliphatic hydroxyl groups is 1. The lowest BCUT2D eigenvalue weighted by Crippen LogP contribution is -2.48. The van der Waals surface area contributed by atoms with Crippen molar-refractivity contribution in [3.05, 3.63) is 72.3 Å². The molecule has 1 aliphatic heterocycles. The largest absolute Gasteiger partial charge is 0.497 e. The van der Waals surface area contributed by atoms with E-state index in [0.29, 0.717) is 46.8 Å². The normalized spacial score (nSPS) is 17.4. The van der Waals surface area contributed by atoms with Gasteiger partial charge in [0.1, 0.15) is 5.75 Å². The lowest BCUT2D eigenvalue weighted by molar-refractivity contribution is -0.121. The van der Waals surface area contributed by atoms with Crippen molar-refractivity contribution < 1.29 is 27.8 Å². The maximum Gasteiger partial charge on any atom is 0.263 e. The second kappa shape index (κ2) is 12.9. The van der Waals surface area contributed by atoms with Crippen molar-refractivity contribution in [2.24, 2.45) is 0 Å². The Balaban J connectivity index is 1.39. The van der Waals surface area contributed by atoms with Crippen molar-refractivity contribution in [3.8, 4) is 5.75 Å². The van der Waals surface area contributed by atoms with Crippen molar-refractivity contribution in [3.63, 3.8) is 0 Å². The summed E-state index contributed by atoms with van der Waals surface area (Å²) in [6.07, 6.45) is 0.0451. The van der Waals surface area contributed by atoms with E-state index in [1.807, 2.05) is 18.7 Å². The number of sulfonamides is 1. The summed E-state index contributed by atoms with van der Waals surface area (Å²) in [4.78, 5) is 23.9. The number of carbonyl (C=O) groups excluding carboxylic acids is 1. The number of nitrogens with one attached hydrogen (secondary N) is 3. The van der Waals surface area contributed by atoms with E-state index < -0.39 is 10.0 Å². The smallest absolute Gasteiger partial charge is 0.263 e. The number of morpholine rings is 1. The third kappa shape index (κ3) is 7.56. The zero-order valence-electron chi connectivity index (χ0n) is 24.1. The highest BCUT2D eigenvalue weighted by atomic mass is 32.2. The predicted molar refractivity (Wildman–Crippen MR) is 164 cm³/mol. The van der Waals surface area contributed by atoms with Gasteiger partial charge in [0, 0.05) is 30.5 Å². The van der Waals surface area contributed by atoms with E-state index in [4.69, 9.17) is 9.47 Å². The second-order valence-corrected chi connectivity index (χ2v) is 12.1. The molecule has 3 aromatic carbocycles. The van der Waals surface area contributed by atoms with Crippen molar-refractivity contribution >= 4 is 50.0 Å². The first kappa shape index (κ1) is 30.2. The van der Waals surface area contributed by atoms with Crippen LogP contribution in [0.5, 0.6) is 5.75 Å². The maximum absolute atomic E-state index is 13.6. The number of amides is 1. The van der Waals surface area contributed by atoms with Gasteiger partial charge in [-0.1, -0.05) is 18.2 Å². The number of fused-ring (bicyclic) bond motifs is 1. The molecule has 2 unspecified atom stereocenters.